The average molecular weight is 454 g/mol. The summed E-state index contributed by atoms with van der Waals surface area (Å²) >= 11 is 5.79. The first-order chi connectivity index (χ1) is 15.5. The van der Waals surface area contributed by atoms with Gasteiger partial charge in [-0.3, -0.25) is 4.79 Å². The molecule has 0 spiro atoms. The van der Waals surface area contributed by atoms with E-state index in [-0.39, 0.29) is 17.4 Å². The van der Waals surface area contributed by atoms with Crippen LogP contribution in [0.4, 0.5) is 27.5 Å². The Morgan fingerprint density at radius 3 is 2.50 bits per heavy atom. The lowest BCUT2D eigenvalue weighted by atomic mass is 10.1. The minimum Gasteiger partial charge on any atom is -0.341 e. The highest BCUT2D eigenvalue weighted by Gasteiger charge is 2.16. The van der Waals surface area contributed by atoms with E-state index in [9.17, 15) is 9.18 Å². The number of aromatic nitrogens is 2. The smallest absolute Gasteiger partial charge is 0.227 e. The first kappa shape index (κ1) is 22.0. The Morgan fingerprint density at radius 1 is 1.06 bits per heavy atom. The Morgan fingerprint density at radius 2 is 1.78 bits per heavy atom. The number of rotatable bonds is 7. The van der Waals surface area contributed by atoms with Crippen molar-refractivity contribution in [3.8, 4) is 0 Å². The van der Waals surface area contributed by atoms with Crippen molar-refractivity contribution in [3.05, 3.63) is 70.6 Å². The van der Waals surface area contributed by atoms with Gasteiger partial charge in [0, 0.05) is 42.6 Å². The molecular weight excluding hydrogens is 429 g/mol. The van der Waals surface area contributed by atoms with Crippen molar-refractivity contribution in [1.29, 1.82) is 0 Å². The van der Waals surface area contributed by atoms with Crippen LogP contribution in [0.15, 0.2) is 48.5 Å². The Balaban J connectivity index is 1.33. The predicted octanol–water partition coefficient (Wildman–Crippen LogP) is 5.49. The van der Waals surface area contributed by atoms with Gasteiger partial charge < -0.3 is 15.5 Å². The van der Waals surface area contributed by atoms with Crippen LogP contribution in [0.25, 0.3) is 0 Å². The molecule has 166 valence electrons. The number of benzene rings is 2. The van der Waals surface area contributed by atoms with Crippen LogP contribution >= 0.6 is 11.6 Å². The first-order valence-corrected chi connectivity index (χ1v) is 11.1. The molecule has 0 unspecified atom stereocenters. The summed E-state index contributed by atoms with van der Waals surface area (Å²) < 4.78 is 13.2. The molecule has 1 aromatic heterocycles. The van der Waals surface area contributed by atoms with Gasteiger partial charge in [0.05, 0.1) is 5.02 Å². The molecule has 1 saturated heterocycles. The Hall–Kier alpha value is -3.19. The van der Waals surface area contributed by atoms with Gasteiger partial charge in [-0.2, -0.15) is 4.98 Å². The van der Waals surface area contributed by atoms with E-state index in [0.717, 1.165) is 41.8 Å². The van der Waals surface area contributed by atoms with Crippen molar-refractivity contribution in [1.82, 2.24) is 9.97 Å². The number of hydrogen-bond donors (Lipinski definition) is 2. The maximum absolute atomic E-state index is 13.2. The normalized spacial score (nSPS) is 13.3. The van der Waals surface area contributed by atoms with Gasteiger partial charge in [0.25, 0.3) is 0 Å². The van der Waals surface area contributed by atoms with Crippen LogP contribution in [-0.2, 0) is 11.2 Å². The van der Waals surface area contributed by atoms with Crippen molar-refractivity contribution in [2.45, 2.75) is 32.6 Å². The second-order valence-corrected chi connectivity index (χ2v) is 8.29. The van der Waals surface area contributed by atoms with E-state index < -0.39 is 5.82 Å². The summed E-state index contributed by atoms with van der Waals surface area (Å²) in [5, 5.41) is 6.26. The third kappa shape index (κ3) is 5.73. The van der Waals surface area contributed by atoms with E-state index in [1.807, 2.05) is 37.3 Å². The summed E-state index contributed by atoms with van der Waals surface area (Å²) in [4.78, 5) is 23.7. The SMILES string of the molecule is Cc1cc(Nc2ccc(NC(=O)CCc3ccc(F)c(Cl)c3)cc2)nc(N2CCCC2)n1. The van der Waals surface area contributed by atoms with Crippen LogP contribution in [0.1, 0.15) is 30.5 Å². The highest BCUT2D eigenvalue weighted by atomic mass is 35.5. The van der Waals surface area contributed by atoms with Gasteiger partial charge in [-0.05, 0) is 68.1 Å². The molecule has 1 fully saturated rings. The van der Waals surface area contributed by atoms with Crippen LogP contribution in [0.3, 0.4) is 0 Å². The van der Waals surface area contributed by atoms with E-state index in [2.05, 4.69) is 25.5 Å². The quantitative estimate of drug-likeness (QED) is 0.494. The Kier molecular flexibility index (Phi) is 6.85. The van der Waals surface area contributed by atoms with Gasteiger partial charge in [-0.1, -0.05) is 17.7 Å². The van der Waals surface area contributed by atoms with E-state index in [0.29, 0.717) is 12.1 Å². The van der Waals surface area contributed by atoms with Crippen molar-refractivity contribution in [3.63, 3.8) is 0 Å². The van der Waals surface area contributed by atoms with Crippen molar-refractivity contribution in [2.75, 3.05) is 28.6 Å². The summed E-state index contributed by atoms with van der Waals surface area (Å²) in [6.07, 6.45) is 3.11. The Bertz CT molecular complexity index is 1100. The highest BCUT2D eigenvalue weighted by Crippen LogP contribution is 2.22. The maximum Gasteiger partial charge on any atom is 0.227 e. The monoisotopic (exact) mass is 453 g/mol. The minimum absolute atomic E-state index is 0.0671. The van der Waals surface area contributed by atoms with Crippen LogP contribution in [0, 0.1) is 12.7 Å². The van der Waals surface area contributed by atoms with Crippen LogP contribution < -0.4 is 15.5 Å². The van der Waals surface area contributed by atoms with Gasteiger partial charge in [-0.15, -0.1) is 0 Å². The lowest BCUT2D eigenvalue weighted by Gasteiger charge is -2.17. The molecule has 0 radical (unpaired) electrons. The molecule has 1 aliphatic rings. The molecule has 0 saturated carbocycles. The van der Waals surface area contributed by atoms with Gasteiger partial charge in [-0.25, -0.2) is 9.37 Å². The molecule has 2 N–H and O–H groups in total. The number of carbonyl (C=O) groups is 1. The fourth-order valence-corrected chi connectivity index (χ4v) is 3.84. The van der Waals surface area contributed by atoms with Crippen molar-refractivity contribution in [2.24, 2.45) is 0 Å². The van der Waals surface area contributed by atoms with Gasteiger partial charge in [0.2, 0.25) is 11.9 Å². The summed E-state index contributed by atoms with van der Waals surface area (Å²) in [5.41, 5.74) is 3.30. The number of amides is 1. The summed E-state index contributed by atoms with van der Waals surface area (Å²) in [6, 6.07) is 13.9. The number of nitrogens with one attached hydrogen (secondary N) is 2. The highest BCUT2D eigenvalue weighted by molar-refractivity contribution is 6.30. The van der Waals surface area contributed by atoms with Gasteiger partial charge >= 0.3 is 0 Å². The molecule has 2 aromatic carbocycles. The summed E-state index contributed by atoms with van der Waals surface area (Å²) in [5.74, 6) is 0.927. The number of carbonyl (C=O) groups excluding carboxylic acids is 1. The number of nitrogens with zero attached hydrogens (tertiary/aromatic N) is 3. The minimum atomic E-state index is -0.460. The van der Waals surface area contributed by atoms with Crippen molar-refractivity contribution < 1.29 is 9.18 Å². The molecule has 1 amide bonds. The van der Waals surface area contributed by atoms with Gasteiger partial charge in [0.15, 0.2) is 0 Å². The largest absolute Gasteiger partial charge is 0.341 e. The Labute approximate surface area is 191 Å². The maximum atomic E-state index is 13.2. The molecule has 0 bridgehead atoms. The summed E-state index contributed by atoms with van der Waals surface area (Å²) in [7, 11) is 0. The molecule has 0 atom stereocenters. The first-order valence-electron chi connectivity index (χ1n) is 10.7. The second-order valence-electron chi connectivity index (χ2n) is 7.89. The molecule has 32 heavy (non-hydrogen) atoms. The van der Waals surface area contributed by atoms with E-state index in [1.165, 1.54) is 18.9 Å². The van der Waals surface area contributed by atoms with Crippen LogP contribution in [0.2, 0.25) is 5.02 Å². The number of hydrogen-bond acceptors (Lipinski definition) is 5. The molecule has 8 heteroatoms. The third-order valence-corrected chi connectivity index (χ3v) is 5.59. The topological polar surface area (TPSA) is 70.2 Å². The third-order valence-electron chi connectivity index (χ3n) is 5.30. The lowest BCUT2D eigenvalue weighted by molar-refractivity contribution is -0.116. The van der Waals surface area contributed by atoms with Gasteiger partial charge in [0.1, 0.15) is 11.6 Å². The van der Waals surface area contributed by atoms with E-state index in [1.54, 1.807) is 12.1 Å². The average Bonchev–Trinajstić information content (AvgIpc) is 3.31. The molecule has 2 heterocycles. The standard InChI is InChI=1S/C24H25ClFN5O/c1-16-14-22(30-24(27-16)31-12-2-3-13-31)28-18-6-8-19(9-7-18)29-23(32)11-5-17-4-10-21(26)20(25)15-17/h4,6-10,14-15H,2-3,5,11-13H2,1H3,(H,29,32)(H,27,28,30). The molecule has 3 aromatic rings. The van der Waals surface area contributed by atoms with Crippen LogP contribution in [-0.4, -0.2) is 29.0 Å². The molecule has 0 aliphatic carbocycles. The van der Waals surface area contributed by atoms with Crippen molar-refractivity contribution >= 4 is 40.6 Å². The zero-order valence-corrected chi connectivity index (χ0v) is 18.6. The second kappa shape index (κ2) is 9.96. The zero-order chi connectivity index (χ0) is 22.5. The zero-order valence-electron chi connectivity index (χ0n) is 17.9. The molecule has 1 aliphatic heterocycles. The number of halogens is 2. The molecule has 6 nitrogen and oxygen atoms in total. The lowest BCUT2D eigenvalue weighted by Crippen LogP contribution is -2.21. The summed E-state index contributed by atoms with van der Waals surface area (Å²) in [6.45, 7) is 3.95. The number of aryl methyl sites for hydroxylation is 2. The fraction of sp³-hybridized carbons (Fsp3) is 0.292. The van der Waals surface area contributed by atoms with E-state index in [4.69, 9.17) is 11.6 Å². The number of anilines is 4. The fourth-order valence-electron chi connectivity index (χ4n) is 3.64. The van der Waals surface area contributed by atoms with Crippen LogP contribution in [0.5, 0.6) is 0 Å². The van der Waals surface area contributed by atoms with E-state index >= 15 is 0 Å². The molecule has 4 rings (SSSR count). The molecular formula is C24H25ClFN5O. The predicted molar refractivity (Wildman–Crippen MR) is 126 cm³/mol.